The van der Waals surface area contributed by atoms with Crippen LogP contribution in [0.15, 0.2) is 126 Å². The maximum atomic E-state index is 2.61. The molecular formula is C35H30Cl2HfSi. The molecule has 0 amide bonds. The first-order chi connectivity index (χ1) is 18.1. The summed E-state index contributed by atoms with van der Waals surface area (Å²) in [5, 5.41) is 0. The van der Waals surface area contributed by atoms with E-state index in [1.807, 2.05) is 0 Å². The van der Waals surface area contributed by atoms with E-state index in [0.717, 1.165) is 0 Å². The molecule has 2 unspecified atom stereocenters. The maximum absolute atomic E-state index is 2.61. The van der Waals surface area contributed by atoms with Crippen molar-refractivity contribution in [1.82, 2.24) is 0 Å². The average Bonchev–Trinajstić information content (AvgIpc) is 3.42. The number of rotatable bonds is 3. The molecule has 0 aliphatic heterocycles. The largest absolute Gasteiger partial charge is 1.00 e. The van der Waals surface area contributed by atoms with Crippen LogP contribution in [0, 0.1) is 6.92 Å². The van der Waals surface area contributed by atoms with Gasteiger partial charge in [-0.1, -0.05) is 0 Å². The van der Waals surface area contributed by atoms with E-state index in [-0.39, 0.29) is 24.8 Å². The number of benzene rings is 3. The number of hydrogen-bond donors (Lipinski definition) is 0. The average molecular weight is 728 g/mol. The fraction of sp³-hybridized carbons (Fsp3) is 0.143. The van der Waals surface area contributed by atoms with Crippen LogP contribution < -0.4 is 24.8 Å². The van der Waals surface area contributed by atoms with Crippen molar-refractivity contribution in [3.63, 3.8) is 0 Å². The minimum absolute atomic E-state index is 0. The Balaban J connectivity index is 0.00000154. The molecule has 3 aromatic carbocycles. The van der Waals surface area contributed by atoms with Crippen LogP contribution in [0.25, 0.3) is 17.8 Å². The fourth-order valence-electron chi connectivity index (χ4n) is 6.61. The zero-order valence-electron chi connectivity index (χ0n) is 22.4. The Hall–Kier alpha value is -2.23. The normalized spacial score (nSPS) is 18.9. The molecule has 0 bridgehead atoms. The standard InChI is InChI=1S/C19H13.C14H11.C2H6Si.2ClH.Hf/c1-2-6-14(7-3-1)15-10-11-19-17(12-15)13-16-8-4-5-9-18(16)19;1-10-6-7-14-12(8-10)9-11-4-2-3-5-13(11)14;1-3-2;;;/h1-12,18H;2-8,13H,1H3;1-2H3;2*1H;/q;;;;;+2/p-2. The molecule has 7 rings (SSSR count). The van der Waals surface area contributed by atoms with Gasteiger partial charge in [-0.05, 0) is 0 Å². The summed E-state index contributed by atoms with van der Waals surface area (Å²) in [5.74, 6) is 0.833. The van der Waals surface area contributed by atoms with E-state index in [4.69, 9.17) is 0 Å². The maximum Gasteiger partial charge on any atom is -1.00 e. The molecule has 0 heterocycles. The summed E-state index contributed by atoms with van der Waals surface area (Å²) in [7, 11) is 0. The Morgan fingerprint density at radius 2 is 1.18 bits per heavy atom. The number of aryl methyl sites for hydroxylation is 1. The summed E-state index contributed by atoms with van der Waals surface area (Å²) in [6.45, 7) is 7.47. The second kappa shape index (κ2) is 11.3. The van der Waals surface area contributed by atoms with E-state index in [9.17, 15) is 0 Å². The molecule has 0 saturated heterocycles. The van der Waals surface area contributed by atoms with Crippen molar-refractivity contribution in [2.45, 2.75) is 31.9 Å². The van der Waals surface area contributed by atoms with E-state index >= 15 is 0 Å². The van der Waals surface area contributed by atoms with Gasteiger partial charge < -0.3 is 24.8 Å². The first kappa shape index (κ1) is 28.3. The quantitative estimate of drug-likeness (QED) is 0.365. The predicted molar refractivity (Wildman–Crippen MR) is 156 cm³/mol. The van der Waals surface area contributed by atoms with E-state index < -0.39 is 25.6 Å². The van der Waals surface area contributed by atoms with Crippen molar-refractivity contribution in [2.24, 2.45) is 0 Å². The third kappa shape index (κ3) is 4.64. The van der Waals surface area contributed by atoms with Gasteiger partial charge >= 0.3 is 229 Å². The van der Waals surface area contributed by atoms with Gasteiger partial charge in [0, 0.05) is 0 Å². The van der Waals surface area contributed by atoms with Crippen LogP contribution in [0.1, 0.15) is 39.7 Å². The number of fused-ring (bicyclic) bond motifs is 6. The Kier molecular flexibility index (Phi) is 8.22. The minimum Gasteiger partial charge on any atom is -1.00 e. The number of halogens is 2. The van der Waals surface area contributed by atoms with Crippen molar-refractivity contribution < 1.29 is 44.9 Å². The molecule has 0 spiro atoms. The second-order valence-electron chi connectivity index (χ2n) is 10.7. The molecule has 0 fully saturated rings. The van der Waals surface area contributed by atoms with Crippen molar-refractivity contribution in [2.75, 3.05) is 0 Å². The van der Waals surface area contributed by atoms with Crippen LogP contribution in [0.3, 0.4) is 0 Å². The van der Waals surface area contributed by atoms with Crippen LogP contribution in [0.5, 0.6) is 0 Å². The zero-order valence-corrected chi connectivity index (χ0v) is 28.5. The third-order valence-electron chi connectivity index (χ3n) is 8.21. The van der Waals surface area contributed by atoms with Gasteiger partial charge in [-0.15, -0.1) is 0 Å². The zero-order chi connectivity index (χ0) is 25.1. The summed E-state index contributed by atoms with van der Waals surface area (Å²) in [4.78, 5) is 0. The van der Waals surface area contributed by atoms with Gasteiger partial charge in [-0.25, -0.2) is 0 Å². The van der Waals surface area contributed by atoms with Crippen LogP contribution in [-0.4, -0.2) is 5.49 Å². The molecule has 4 aliphatic rings. The molecular weight excluding hydrogens is 698 g/mol. The molecule has 0 aromatic heterocycles. The first-order valence-electron chi connectivity index (χ1n) is 13.3. The molecule has 3 aromatic rings. The molecule has 192 valence electrons. The Bertz CT molecular complexity index is 1700. The molecule has 0 nitrogen and oxygen atoms in total. The van der Waals surface area contributed by atoms with Gasteiger partial charge in [-0.2, -0.15) is 0 Å². The van der Waals surface area contributed by atoms with Crippen molar-refractivity contribution in [3.8, 4) is 11.1 Å². The van der Waals surface area contributed by atoms with Crippen LogP contribution in [-0.2, 0) is 20.1 Å². The molecule has 0 radical (unpaired) electrons. The van der Waals surface area contributed by atoms with E-state index in [1.54, 1.807) is 28.9 Å². The summed E-state index contributed by atoms with van der Waals surface area (Å²) in [6, 6.07) is 25.4. The molecule has 0 saturated carbocycles. The molecule has 4 heteroatoms. The monoisotopic (exact) mass is 728 g/mol. The number of allylic oxidation sites excluding steroid dienone is 10. The van der Waals surface area contributed by atoms with E-state index in [1.165, 1.54) is 27.8 Å². The summed E-state index contributed by atoms with van der Waals surface area (Å²) in [5.41, 5.74) is 12.9. The van der Waals surface area contributed by atoms with Crippen LogP contribution in [0.4, 0.5) is 0 Å². The fourth-order valence-corrected chi connectivity index (χ4v) is 31.1. The van der Waals surface area contributed by atoms with Gasteiger partial charge in [0.05, 0.1) is 0 Å². The Labute approximate surface area is 252 Å². The van der Waals surface area contributed by atoms with Crippen LogP contribution in [0.2, 0.25) is 13.1 Å². The van der Waals surface area contributed by atoms with Gasteiger partial charge in [0.1, 0.15) is 0 Å². The van der Waals surface area contributed by atoms with E-state index in [2.05, 4.69) is 135 Å². The van der Waals surface area contributed by atoms with Crippen molar-refractivity contribution >= 4 is 12.2 Å². The van der Waals surface area contributed by atoms with Gasteiger partial charge in [0.25, 0.3) is 0 Å². The Morgan fingerprint density at radius 3 is 1.77 bits per heavy atom. The molecule has 4 aliphatic carbocycles. The topological polar surface area (TPSA) is 0 Å². The van der Waals surface area contributed by atoms with Crippen molar-refractivity contribution in [1.29, 1.82) is 0 Å². The summed E-state index contributed by atoms with van der Waals surface area (Å²) >= 11 is -2.55. The molecule has 2 atom stereocenters. The van der Waals surface area contributed by atoms with Gasteiger partial charge in [-0.3, -0.25) is 0 Å². The predicted octanol–water partition coefficient (Wildman–Crippen LogP) is 3.11. The van der Waals surface area contributed by atoms with Gasteiger partial charge in [0.15, 0.2) is 0 Å². The van der Waals surface area contributed by atoms with Gasteiger partial charge in [0.2, 0.25) is 0 Å². The minimum atomic E-state index is -2.55. The summed E-state index contributed by atoms with van der Waals surface area (Å²) in [6.07, 6.45) is 18.8. The molecule has 0 N–H and O–H groups in total. The number of hydrogen-bond acceptors (Lipinski definition) is 0. The SMILES string of the molecule is Cc1ccc2c(c1)[C]([Hf+2]([C]1=C3C=CC=CC3c3ccc(-c4ccccc4)cc31)=[Si](C)C)=C1C=CC=CC12.[Cl-].[Cl-]. The third-order valence-corrected chi connectivity index (χ3v) is 31.7. The van der Waals surface area contributed by atoms with Crippen LogP contribution >= 0.6 is 0 Å². The van der Waals surface area contributed by atoms with E-state index in [0.29, 0.717) is 11.8 Å². The second-order valence-corrected chi connectivity index (χ2v) is 33.9. The summed E-state index contributed by atoms with van der Waals surface area (Å²) < 4.78 is 3.57. The smallest absolute Gasteiger partial charge is 1.00 e. The first-order valence-corrected chi connectivity index (χ1v) is 24.8. The van der Waals surface area contributed by atoms with Crippen molar-refractivity contribution in [3.05, 3.63) is 154 Å². The molecule has 39 heavy (non-hydrogen) atoms. The Morgan fingerprint density at radius 1 is 0.615 bits per heavy atom.